The lowest BCUT2D eigenvalue weighted by Gasteiger charge is -2.58. The molecule has 3 fully saturated rings. The molecule has 0 bridgehead atoms. The molecule has 0 aromatic rings. The molecule has 0 aromatic carbocycles. The molecule has 0 aromatic heterocycles. The van der Waals surface area contributed by atoms with Crippen LogP contribution in [0.3, 0.4) is 0 Å². The van der Waals surface area contributed by atoms with Gasteiger partial charge in [0.1, 0.15) is 24.2 Å². The molecular weight excluding hydrogens is 815 g/mol. The highest BCUT2D eigenvalue weighted by atomic mass is 16.6. The van der Waals surface area contributed by atoms with Crippen molar-refractivity contribution in [2.75, 3.05) is 19.6 Å². The van der Waals surface area contributed by atoms with Crippen molar-refractivity contribution in [1.29, 1.82) is 0 Å². The SMILES string of the molecule is CC(C)CCC[C@@H](C)[C@H]1CC[C@H]2[C@@H]3CC=C4C[C@@H](OC(=O)N[C@@H](CCCN=C(N)N)C(=O)N[C@@H](CCCN=C(N)N)C(=O)N[C@@H](CCCN=C(N)N)C(N)=O)CC[C@]4(C)[C@H]3CC[C@]12C. The standard InChI is InChI=1S/C46H83N13O5/c1-27(2)10-6-11-28(3)32-17-18-33-31-16-15-29-26-30(19-21-45(29,4)34(31)20-22-46(32,33)5)64-44(63)59-37(14-9-25-56-43(52)53)40(62)58-36(13-8-24-55-42(50)51)39(61)57-35(38(47)60)12-7-23-54-41(48)49/h15,27-28,30-37H,6-14,16-26H2,1-5H3,(H2,47,60)(H,57,61)(H,58,62)(H,59,63)(H4,48,49,54)(H4,50,51,55)(H4,52,53,56)/t28-,30+,31+,32-,33+,34+,35+,36+,37+,45+,46-/m1/s1. The van der Waals surface area contributed by atoms with E-state index in [1.54, 1.807) is 0 Å². The van der Waals surface area contributed by atoms with Crippen molar-refractivity contribution in [2.24, 2.45) is 101 Å². The van der Waals surface area contributed by atoms with Crippen LogP contribution in [0.5, 0.6) is 0 Å². The van der Waals surface area contributed by atoms with Gasteiger partial charge in [0.2, 0.25) is 17.7 Å². The Hall–Kier alpha value is -4.77. The Bertz CT molecular complexity index is 1710. The molecule has 11 atom stereocenters. The number of aliphatic imine (C=N–C) groups is 3. The summed E-state index contributed by atoms with van der Waals surface area (Å²) in [6, 6.07) is -3.30. The van der Waals surface area contributed by atoms with Gasteiger partial charge < -0.3 is 60.8 Å². The number of fused-ring (bicyclic) bond motifs is 5. The maximum Gasteiger partial charge on any atom is 0.408 e. The predicted molar refractivity (Wildman–Crippen MR) is 253 cm³/mol. The van der Waals surface area contributed by atoms with Crippen LogP contribution in [0.1, 0.15) is 144 Å². The van der Waals surface area contributed by atoms with E-state index in [2.05, 4.69) is 71.6 Å². The van der Waals surface area contributed by atoms with Crippen LogP contribution in [-0.4, -0.2) is 85.6 Å². The van der Waals surface area contributed by atoms with Crippen LogP contribution in [-0.2, 0) is 19.1 Å². The van der Waals surface area contributed by atoms with Gasteiger partial charge in [0, 0.05) is 26.1 Å². The molecule has 3 saturated carbocycles. The van der Waals surface area contributed by atoms with Crippen LogP contribution >= 0.6 is 0 Å². The van der Waals surface area contributed by atoms with Gasteiger partial charge in [0.15, 0.2) is 17.9 Å². The summed E-state index contributed by atoms with van der Waals surface area (Å²) in [6.07, 6.45) is 15.4. The summed E-state index contributed by atoms with van der Waals surface area (Å²) >= 11 is 0. The zero-order valence-electron chi connectivity index (χ0n) is 39.4. The minimum atomic E-state index is -1.14. The van der Waals surface area contributed by atoms with Gasteiger partial charge in [-0.1, -0.05) is 65.5 Å². The van der Waals surface area contributed by atoms with Gasteiger partial charge >= 0.3 is 6.09 Å². The smallest absolute Gasteiger partial charge is 0.408 e. The Kier molecular flexibility index (Phi) is 19.4. The number of carbonyl (C=O) groups excluding carboxylic acids is 4. The highest BCUT2D eigenvalue weighted by Crippen LogP contribution is 2.67. The Morgan fingerprint density at radius 3 is 1.77 bits per heavy atom. The first-order valence-corrected chi connectivity index (χ1v) is 24.0. The Labute approximate surface area is 381 Å². The number of nitrogens with two attached hydrogens (primary N) is 7. The van der Waals surface area contributed by atoms with E-state index in [9.17, 15) is 19.2 Å². The van der Waals surface area contributed by atoms with Crippen LogP contribution in [0.4, 0.5) is 4.79 Å². The number of amides is 4. The fourth-order valence-corrected chi connectivity index (χ4v) is 12.0. The third kappa shape index (κ3) is 14.4. The first-order chi connectivity index (χ1) is 30.2. The van der Waals surface area contributed by atoms with Crippen molar-refractivity contribution < 1.29 is 23.9 Å². The van der Waals surface area contributed by atoms with Gasteiger partial charge in [0.05, 0.1) is 0 Å². The summed E-state index contributed by atoms with van der Waals surface area (Å²) < 4.78 is 6.08. The van der Waals surface area contributed by atoms with Gasteiger partial charge in [-0.2, -0.15) is 0 Å². The maximum atomic E-state index is 14.0. The van der Waals surface area contributed by atoms with Crippen LogP contribution in [0.2, 0.25) is 0 Å². The lowest BCUT2D eigenvalue weighted by molar-refractivity contribution is -0.132. The number of hydrogen-bond donors (Lipinski definition) is 10. The first-order valence-electron chi connectivity index (χ1n) is 24.0. The lowest BCUT2D eigenvalue weighted by atomic mass is 9.47. The lowest BCUT2D eigenvalue weighted by Crippen LogP contribution is -2.56. The molecule has 18 heteroatoms. The number of ether oxygens (including phenoxy) is 1. The average Bonchev–Trinajstić information content (AvgIpc) is 3.58. The number of allylic oxidation sites excluding steroid dienone is 1. The zero-order chi connectivity index (χ0) is 47.2. The molecule has 0 spiro atoms. The molecule has 0 saturated heterocycles. The quantitative estimate of drug-likeness (QED) is 0.0290. The van der Waals surface area contributed by atoms with Crippen molar-refractivity contribution in [3.8, 4) is 0 Å². The van der Waals surface area contributed by atoms with Crippen molar-refractivity contribution in [3.05, 3.63) is 11.6 Å². The van der Waals surface area contributed by atoms with Crippen molar-refractivity contribution in [1.82, 2.24) is 16.0 Å². The average molecular weight is 898 g/mol. The summed E-state index contributed by atoms with van der Waals surface area (Å²) in [5.41, 5.74) is 40.4. The van der Waals surface area contributed by atoms with Crippen LogP contribution in [0.15, 0.2) is 26.6 Å². The minimum absolute atomic E-state index is 0.0754. The Morgan fingerprint density at radius 1 is 0.672 bits per heavy atom. The van der Waals surface area contributed by atoms with Gasteiger partial charge in [-0.15, -0.1) is 0 Å². The molecule has 0 aliphatic heterocycles. The topological polar surface area (TPSA) is 333 Å². The highest BCUT2D eigenvalue weighted by molar-refractivity contribution is 5.93. The Morgan fingerprint density at radius 2 is 1.22 bits per heavy atom. The van der Waals surface area contributed by atoms with Gasteiger partial charge in [-0.05, 0) is 130 Å². The first kappa shape index (κ1) is 51.9. The fourth-order valence-electron chi connectivity index (χ4n) is 12.0. The normalized spacial score (nSPS) is 27.7. The van der Waals surface area contributed by atoms with E-state index < -0.39 is 41.9 Å². The van der Waals surface area contributed by atoms with E-state index in [1.807, 2.05) is 0 Å². The zero-order valence-corrected chi connectivity index (χ0v) is 39.4. The van der Waals surface area contributed by atoms with Crippen molar-refractivity contribution >= 4 is 41.7 Å². The van der Waals surface area contributed by atoms with E-state index in [4.69, 9.17) is 44.9 Å². The number of nitrogens with zero attached hydrogens (tertiary/aromatic N) is 3. The predicted octanol–water partition coefficient (Wildman–Crippen LogP) is 3.11. The largest absolute Gasteiger partial charge is 0.446 e. The molecule has 0 radical (unpaired) electrons. The number of carbonyl (C=O) groups is 4. The third-order valence-corrected chi connectivity index (χ3v) is 15.3. The molecule has 17 N–H and O–H groups in total. The summed E-state index contributed by atoms with van der Waals surface area (Å²) in [7, 11) is 0. The second-order valence-corrected chi connectivity index (χ2v) is 20.1. The van der Waals surface area contributed by atoms with E-state index in [-0.39, 0.29) is 68.3 Å². The molecule has 4 aliphatic carbocycles. The molecule has 0 heterocycles. The van der Waals surface area contributed by atoms with Crippen molar-refractivity contribution in [3.63, 3.8) is 0 Å². The molecule has 64 heavy (non-hydrogen) atoms. The monoisotopic (exact) mass is 898 g/mol. The summed E-state index contributed by atoms with van der Waals surface area (Å²) in [4.78, 5) is 65.5. The van der Waals surface area contributed by atoms with E-state index in [1.165, 1.54) is 50.5 Å². The summed E-state index contributed by atoms with van der Waals surface area (Å²) in [5.74, 6) is 2.03. The number of primary amides is 1. The number of nitrogens with one attached hydrogen (secondary N) is 3. The molecule has 18 nitrogen and oxygen atoms in total. The Balaban J connectivity index is 1.42. The van der Waals surface area contributed by atoms with Crippen LogP contribution in [0, 0.1) is 46.3 Å². The van der Waals surface area contributed by atoms with E-state index >= 15 is 0 Å². The summed E-state index contributed by atoms with van der Waals surface area (Å²) in [5, 5.41) is 8.18. The van der Waals surface area contributed by atoms with E-state index in [0.717, 1.165) is 42.9 Å². The van der Waals surface area contributed by atoms with Gasteiger partial charge in [0.25, 0.3) is 0 Å². The number of rotatable bonds is 24. The molecule has 4 aliphatic rings. The molecule has 4 rings (SSSR count). The minimum Gasteiger partial charge on any atom is -0.446 e. The molecule has 0 unspecified atom stereocenters. The van der Waals surface area contributed by atoms with E-state index in [0.29, 0.717) is 42.9 Å². The summed E-state index contributed by atoms with van der Waals surface area (Å²) in [6.45, 7) is 12.9. The maximum absolute atomic E-state index is 14.0. The second kappa shape index (κ2) is 24.0. The number of hydrogen-bond acceptors (Lipinski definition) is 8. The molecular formula is C46H83N13O5. The molecule has 4 amide bonds. The van der Waals surface area contributed by atoms with Gasteiger partial charge in [-0.25, -0.2) is 4.79 Å². The van der Waals surface area contributed by atoms with Crippen LogP contribution < -0.4 is 56.1 Å². The van der Waals surface area contributed by atoms with Crippen molar-refractivity contribution in [2.45, 2.75) is 168 Å². The molecule has 362 valence electrons. The number of alkyl carbamates (subject to hydrolysis) is 1. The van der Waals surface area contributed by atoms with Crippen LogP contribution in [0.25, 0.3) is 0 Å². The fraction of sp³-hybridized carbons (Fsp3) is 0.804. The number of guanidine groups is 3. The van der Waals surface area contributed by atoms with Gasteiger partial charge in [-0.3, -0.25) is 29.4 Å². The third-order valence-electron chi connectivity index (χ3n) is 15.3. The highest BCUT2D eigenvalue weighted by Gasteiger charge is 2.59. The second-order valence-electron chi connectivity index (χ2n) is 20.1.